The van der Waals surface area contributed by atoms with Crippen molar-refractivity contribution in [3.05, 3.63) is 89.0 Å². The number of sulfonamides is 1. The van der Waals surface area contributed by atoms with Crippen molar-refractivity contribution in [1.82, 2.24) is 10.2 Å². The van der Waals surface area contributed by atoms with Crippen LogP contribution in [0.25, 0.3) is 0 Å². The molecule has 0 radical (unpaired) electrons. The molecule has 3 rings (SSSR count). The third-order valence-electron chi connectivity index (χ3n) is 7.57. The fourth-order valence-corrected chi connectivity index (χ4v) is 5.94. The van der Waals surface area contributed by atoms with Gasteiger partial charge < -0.3 is 15.0 Å². The molecule has 0 aromatic heterocycles. The molecule has 2 amide bonds. The summed E-state index contributed by atoms with van der Waals surface area (Å²) in [5, 5.41) is 3.00. The Morgan fingerprint density at radius 3 is 2.07 bits per heavy atom. The molecule has 0 saturated carbocycles. The molecule has 0 aliphatic heterocycles. The van der Waals surface area contributed by atoms with Crippen LogP contribution in [0.3, 0.4) is 0 Å². The fourth-order valence-electron chi connectivity index (χ4n) is 4.54. The van der Waals surface area contributed by atoms with Crippen LogP contribution < -0.4 is 14.4 Å². The van der Waals surface area contributed by atoms with E-state index in [1.165, 1.54) is 4.90 Å². The molecule has 9 heteroatoms. The Labute approximate surface area is 250 Å². The Morgan fingerprint density at radius 2 is 1.52 bits per heavy atom. The Hall–Kier alpha value is -3.85. The van der Waals surface area contributed by atoms with Crippen molar-refractivity contribution in [1.29, 1.82) is 0 Å². The molecule has 1 N–H and O–H groups in total. The predicted octanol–water partition coefficient (Wildman–Crippen LogP) is 5.54. The van der Waals surface area contributed by atoms with E-state index in [4.69, 9.17) is 4.74 Å². The largest absolute Gasteiger partial charge is 0.497 e. The molecule has 0 aliphatic rings. The second-order valence-corrected chi connectivity index (χ2v) is 12.6. The molecule has 0 heterocycles. The number of hydrogen-bond donors (Lipinski definition) is 1. The molecular weight excluding hydrogens is 550 g/mol. The van der Waals surface area contributed by atoms with Crippen LogP contribution >= 0.6 is 0 Å². The number of amides is 2. The highest BCUT2D eigenvalue weighted by atomic mass is 32.2. The van der Waals surface area contributed by atoms with Gasteiger partial charge in [0.2, 0.25) is 11.8 Å². The van der Waals surface area contributed by atoms with Crippen molar-refractivity contribution < 1.29 is 22.7 Å². The van der Waals surface area contributed by atoms with Crippen molar-refractivity contribution in [2.24, 2.45) is 0 Å². The lowest BCUT2D eigenvalue weighted by Gasteiger charge is -2.34. The van der Waals surface area contributed by atoms with Crippen LogP contribution in [-0.2, 0) is 26.2 Å². The van der Waals surface area contributed by atoms with Crippen molar-refractivity contribution in [2.45, 2.75) is 77.9 Å². The van der Waals surface area contributed by atoms with Gasteiger partial charge in [-0.1, -0.05) is 49.7 Å². The van der Waals surface area contributed by atoms with Crippen LogP contribution in [0.2, 0.25) is 0 Å². The number of anilines is 1. The Morgan fingerprint density at radius 1 is 0.881 bits per heavy atom. The SMILES string of the molecule is CC[C@@H](C)NC(=O)[C@@H](CC)N(Cc1ccc(OC)cc1)C(=O)CN(c1ccc(C)c(C)c1)S(=O)(=O)c1ccc(C)cc1. The molecule has 0 fully saturated rings. The minimum Gasteiger partial charge on any atom is -0.497 e. The molecule has 0 saturated heterocycles. The zero-order chi connectivity index (χ0) is 31.0. The van der Waals surface area contributed by atoms with E-state index < -0.39 is 28.5 Å². The van der Waals surface area contributed by atoms with E-state index in [-0.39, 0.29) is 23.4 Å². The number of nitrogens with zero attached hydrogens (tertiary/aromatic N) is 2. The van der Waals surface area contributed by atoms with Crippen LogP contribution in [0.1, 0.15) is 55.9 Å². The molecule has 8 nitrogen and oxygen atoms in total. The minimum absolute atomic E-state index is 0.0709. The first-order chi connectivity index (χ1) is 19.9. The van der Waals surface area contributed by atoms with Gasteiger partial charge in [-0.2, -0.15) is 0 Å². The average molecular weight is 594 g/mol. The minimum atomic E-state index is -4.12. The highest BCUT2D eigenvalue weighted by molar-refractivity contribution is 7.92. The lowest BCUT2D eigenvalue weighted by molar-refractivity contribution is -0.140. The predicted molar refractivity (Wildman–Crippen MR) is 167 cm³/mol. The third kappa shape index (κ3) is 7.91. The first-order valence-corrected chi connectivity index (χ1v) is 15.7. The lowest BCUT2D eigenvalue weighted by Crippen LogP contribution is -2.53. The summed E-state index contributed by atoms with van der Waals surface area (Å²) < 4.78 is 34.5. The van der Waals surface area contributed by atoms with Gasteiger partial charge in [0, 0.05) is 12.6 Å². The number of benzene rings is 3. The number of methoxy groups -OCH3 is 1. The van der Waals surface area contributed by atoms with Crippen LogP contribution in [0.5, 0.6) is 5.75 Å². The van der Waals surface area contributed by atoms with Gasteiger partial charge >= 0.3 is 0 Å². The molecule has 0 unspecified atom stereocenters. The first-order valence-electron chi connectivity index (χ1n) is 14.3. The number of hydrogen-bond acceptors (Lipinski definition) is 5. The summed E-state index contributed by atoms with van der Waals surface area (Å²) in [6.45, 7) is 11.1. The van der Waals surface area contributed by atoms with Gasteiger partial charge in [-0.15, -0.1) is 0 Å². The Balaban J connectivity index is 2.08. The van der Waals surface area contributed by atoms with Gasteiger partial charge in [0.1, 0.15) is 18.3 Å². The molecule has 2 atom stereocenters. The van der Waals surface area contributed by atoms with E-state index in [0.29, 0.717) is 17.9 Å². The maximum atomic E-state index is 14.2. The topological polar surface area (TPSA) is 96.0 Å². The van der Waals surface area contributed by atoms with Gasteiger partial charge in [-0.3, -0.25) is 13.9 Å². The molecule has 0 bridgehead atoms. The monoisotopic (exact) mass is 593 g/mol. The maximum absolute atomic E-state index is 14.2. The smallest absolute Gasteiger partial charge is 0.264 e. The molecule has 3 aromatic carbocycles. The number of aryl methyl sites for hydroxylation is 3. The quantitative estimate of drug-likeness (QED) is 0.281. The van der Waals surface area contributed by atoms with E-state index in [0.717, 1.165) is 33.0 Å². The standard InChI is InChI=1S/C33H43N3O5S/c1-8-26(6)34-33(38)31(9-2)35(21-27-13-16-29(41-7)17-14-27)32(37)22-36(28-15-12-24(4)25(5)20-28)42(39,40)30-18-10-23(3)11-19-30/h10-20,26,31H,8-9,21-22H2,1-7H3,(H,34,38)/t26-,31-/m1/s1. The summed E-state index contributed by atoms with van der Waals surface area (Å²) in [6.07, 6.45) is 1.10. The number of ether oxygens (including phenoxy) is 1. The van der Waals surface area contributed by atoms with Crippen molar-refractivity contribution >= 4 is 27.5 Å². The second kappa shape index (κ2) is 14.4. The van der Waals surface area contributed by atoms with Crippen LogP contribution in [0.4, 0.5) is 5.69 Å². The maximum Gasteiger partial charge on any atom is 0.264 e. The first kappa shape index (κ1) is 32.7. The zero-order valence-corrected chi connectivity index (χ0v) is 26.5. The summed E-state index contributed by atoms with van der Waals surface area (Å²) in [6, 6.07) is 18.3. The number of carbonyl (C=O) groups is 2. The summed E-state index contributed by atoms with van der Waals surface area (Å²) in [4.78, 5) is 29.2. The Bertz CT molecular complexity index is 1470. The van der Waals surface area contributed by atoms with Crippen molar-refractivity contribution in [2.75, 3.05) is 18.0 Å². The van der Waals surface area contributed by atoms with E-state index in [2.05, 4.69) is 5.32 Å². The van der Waals surface area contributed by atoms with Crippen LogP contribution in [-0.4, -0.2) is 50.9 Å². The molecular formula is C33H43N3O5S. The number of carbonyl (C=O) groups excluding carboxylic acids is 2. The summed E-state index contributed by atoms with van der Waals surface area (Å²) in [7, 11) is -2.54. The second-order valence-electron chi connectivity index (χ2n) is 10.7. The third-order valence-corrected chi connectivity index (χ3v) is 9.35. The van der Waals surface area contributed by atoms with Gasteiger partial charge in [0.25, 0.3) is 10.0 Å². The molecule has 3 aromatic rings. The Kier molecular flexibility index (Phi) is 11.2. The zero-order valence-electron chi connectivity index (χ0n) is 25.7. The number of rotatable bonds is 13. The summed E-state index contributed by atoms with van der Waals surface area (Å²) in [5.74, 6) is -0.0815. The summed E-state index contributed by atoms with van der Waals surface area (Å²) >= 11 is 0. The summed E-state index contributed by atoms with van der Waals surface area (Å²) in [5.41, 5.74) is 4.00. The molecule has 0 spiro atoms. The molecule has 42 heavy (non-hydrogen) atoms. The van der Waals surface area contributed by atoms with Gasteiger partial charge in [-0.25, -0.2) is 8.42 Å². The van der Waals surface area contributed by atoms with E-state index in [9.17, 15) is 18.0 Å². The van der Waals surface area contributed by atoms with Crippen LogP contribution in [0.15, 0.2) is 71.6 Å². The molecule has 226 valence electrons. The fraction of sp³-hybridized carbons (Fsp3) is 0.394. The highest BCUT2D eigenvalue weighted by Gasteiger charge is 2.34. The van der Waals surface area contributed by atoms with Crippen molar-refractivity contribution in [3.8, 4) is 5.75 Å². The normalized spacial score (nSPS) is 12.7. The van der Waals surface area contributed by atoms with Gasteiger partial charge in [-0.05, 0) is 93.6 Å². The lowest BCUT2D eigenvalue weighted by atomic mass is 10.1. The van der Waals surface area contributed by atoms with Gasteiger partial charge in [0.15, 0.2) is 0 Å². The average Bonchev–Trinajstić information content (AvgIpc) is 2.97. The van der Waals surface area contributed by atoms with Gasteiger partial charge in [0.05, 0.1) is 17.7 Å². The van der Waals surface area contributed by atoms with E-state index >= 15 is 0 Å². The van der Waals surface area contributed by atoms with Crippen molar-refractivity contribution in [3.63, 3.8) is 0 Å². The van der Waals surface area contributed by atoms with Crippen LogP contribution in [0, 0.1) is 20.8 Å². The van der Waals surface area contributed by atoms with E-state index in [1.807, 2.05) is 59.7 Å². The van der Waals surface area contributed by atoms with E-state index in [1.54, 1.807) is 55.6 Å². The highest BCUT2D eigenvalue weighted by Crippen LogP contribution is 2.27. The molecule has 0 aliphatic carbocycles. The number of nitrogens with one attached hydrogen (secondary N) is 1.